The van der Waals surface area contributed by atoms with E-state index in [0.717, 1.165) is 52.0 Å². The molecule has 1 amide bonds. The first-order chi connectivity index (χ1) is 14.2. The molecule has 0 spiro atoms. The van der Waals surface area contributed by atoms with Gasteiger partial charge in [0.25, 0.3) is 0 Å². The average Bonchev–Trinajstić information content (AvgIpc) is 2.93. The molecule has 0 aromatic heterocycles. The van der Waals surface area contributed by atoms with E-state index < -0.39 is 0 Å². The molecule has 1 aromatic carbocycles. The maximum atomic E-state index is 13.1. The van der Waals surface area contributed by atoms with Crippen molar-refractivity contribution in [1.82, 2.24) is 15.5 Å². The summed E-state index contributed by atoms with van der Waals surface area (Å²) in [5.41, 5.74) is 2.42. The van der Waals surface area contributed by atoms with Gasteiger partial charge in [-0.25, -0.2) is 0 Å². The van der Waals surface area contributed by atoms with Gasteiger partial charge < -0.3 is 15.4 Å². The number of nitrogens with one attached hydrogen (secondary N) is 2. The Hall–Kier alpha value is -1.43. The molecule has 0 radical (unpaired) electrons. The van der Waals surface area contributed by atoms with Crippen LogP contribution in [0.5, 0.6) is 0 Å². The smallest absolute Gasteiger partial charge is 0.224 e. The van der Waals surface area contributed by atoms with Crippen molar-refractivity contribution in [3.63, 3.8) is 0 Å². The van der Waals surface area contributed by atoms with Gasteiger partial charge in [-0.15, -0.1) is 0 Å². The molecule has 3 fully saturated rings. The van der Waals surface area contributed by atoms with E-state index >= 15 is 0 Å². The maximum absolute atomic E-state index is 13.1. The van der Waals surface area contributed by atoms with Gasteiger partial charge in [0.2, 0.25) is 5.91 Å². The Labute approximate surface area is 175 Å². The third-order valence-corrected chi connectivity index (χ3v) is 6.98. The van der Waals surface area contributed by atoms with Crippen molar-refractivity contribution in [2.75, 3.05) is 26.3 Å². The Kier molecular flexibility index (Phi) is 7.22. The van der Waals surface area contributed by atoms with E-state index in [2.05, 4.69) is 46.7 Å². The summed E-state index contributed by atoms with van der Waals surface area (Å²) in [5.74, 6) is 0.295. The van der Waals surface area contributed by atoms with Crippen molar-refractivity contribution >= 4 is 5.91 Å². The highest BCUT2D eigenvalue weighted by molar-refractivity contribution is 5.78. The van der Waals surface area contributed by atoms with Gasteiger partial charge in [-0.3, -0.25) is 9.69 Å². The van der Waals surface area contributed by atoms with E-state index in [1.807, 2.05) is 0 Å². The van der Waals surface area contributed by atoms with Gasteiger partial charge in [-0.2, -0.15) is 0 Å². The number of hydrogen-bond donors (Lipinski definition) is 2. The van der Waals surface area contributed by atoms with E-state index in [-0.39, 0.29) is 11.8 Å². The number of aryl methyl sites for hydroxylation is 1. The fourth-order valence-electron chi connectivity index (χ4n) is 4.99. The molecule has 5 nitrogen and oxygen atoms in total. The minimum atomic E-state index is 0.0795. The van der Waals surface area contributed by atoms with E-state index in [1.165, 1.54) is 30.4 Å². The summed E-state index contributed by atoms with van der Waals surface area (Å²) >= 11 is 0. The number of rotatable bonds is 6. The Morgan fingerprint density at radius 3 is 2.62 bits per heavy atom. The summed E-state index contributed by atoms with van der Waals surface area (Å²) in [6.45, 7) is 6.38. The topological polar surface area (TPSA) is 53.6 Å². The lowest BCUT2D eigenvalue weighted by molar-refractivity contribution is -0.126. The summed E-state index contributed by atoms with van der Waals surface area (Å²) in [6.07, 6.45) is 8.24. The first-order valence-corrected chi connectivity index (χ1v) is 11.6. The highest BCUT2D eigenvalue weighted by Gasteiger charge is 2.33. The van der Waals surface area contributed by atoms with Crippen LogP contribution in [-0.4, -0.2) is 55.2 Å². The number of amides is 1. The fraction of sp³-hybridized carbons (Fsp3) is 0.708. The third kappa shape index (κ3) is 5.80. The van der Waals surface area contributed by atoms with Crippen molar-refractivity contribution in [2.24, 2.45) is 5.92 Å². The lowest BCUT2D eigenvalue weighted by Gasteiger charge is -2.38. The van der Waals surface area contributed by atoms with Crippen LogP contribution in [0.3, 0.4) is 0 Å². The van der Waals surface area contributed by atoms with Gasteiger partial charge in [-0.05, 0) is 51.0 Å². The zero-order valence-electron chi connectivity index (χ0n) is 17.9. The van der Waals surface area contributed by atoms with E-state index in [0.29, 0.717) is 24.7 Å². The normalized spacial score (nSPS) is 27.2. The molecule has 0 bridgehead atoms. The lowest BCUT2D eigenvalue weighted by Crippen LogP contribution is -2.50. The zero-order valence-corrected chi connectivity index (χ0v) is 17.9. The van der Waals surface area contributed by atoms with E-state index in [1.54, 1.807) is 0 Å². The summed E-state index contributed by atoms with van der Waals surface area (Å²) < 4.78 is 5.59. The lowest BCUT2D eigenvalue weighted by atomic mass is 9.91. The van der Waals surface area contributed by atoms with Gasteiger partial charge in [0.05, 0.1) is 5.92 Å². The fourth-order valence-corrected chi connectivity index (χ4v) is 4.99. The second kappa shape index (κ2) is 10.1. The summed E-state index contributed by atoms with van der Waals surface area (Å²) in [6, 6.07) is 10.2. The van der Waals surface area contributed by atoms with Crippen LogP contribution in [0.25, 0.3) is 0 Å². The van der Waals surface area contributed by atoms with Crippen LogP contribution < -0.4 is 10.6 Å². The molecule has 160 valence electrons. The first kappa shape index (κ1) is 20.8. The van der Waals surface area contributed by atoms with Crippen LogP contribution in [0, 0.1) is 12.8 Å². The van der Waals surface area contributed by atoms with Crippen molar-refractivity contribution < 1.29 is 9.53 Å². The summed E-state index contributed by atoms with van der Waals surface area (Å²) in [7, 11) is 0. The molecular weight excluding hydrogens is 362 g/mol. The molecule has 2 heterocycles. The standard InChI is InChI=1S/C24H37N3O2/c1-18-4-2-5-19(14-18)15-25-24(28)20-8-9-22(26-21-6-3-7-21)17-27(16-20)23-10-12-29-13-11-23/h2,4-5,14,20-23,26H,3,6-13,15-17H2,1H3,(H,25,28)/t20-,22+/m1/s1. The first-order valence-electron chi connectivity index (χ1n) is 11.6. The molecule has 1 saturated carbocycles. The maximum Gasteiger partial charge on any atom is 0.224 e. The minimum Gasteiger partial charge on any atom is -0.381 e. The number of hydrogen-bond acceptors (Lipinski definition) is 4. The van der Waals surface area contributed by atoms with Crippen LogP contribution in [0.15, 0.2) is 24.3 Å². The van der Waals surface area contributed by atoms with Crippen LogP contribution in [0.1, 0.15) is 56.1 Å². The third-order valence-electron chi connectivity index (χ3n) is 6.98. The van der Waals surface area contributed by atoms with Crippen LogP contribution in [0.4, 0.5) is 0 Å². The second-order valence-corrected chi connectivity index (χ2v) is 9.27. The number of carbonyl (C=O) groups excluding carboxylic acids is 1. The number of ether oxygens (including phenoxy) is 1. The second-order valence-electron chi connectivity index (χ2n) is 9.27. The molecule has 4 rings (SSSR count). The number of carbonyl (C=O) groups is 1. The number of benzene rings is 1. The Morgan fingerprint density at radius 1 is 1.07 bits per heavy atom. The minimum absolute atomic E-state index is 0.0795. The van der Waals surface area contributed by atoms with Gasteiger partial charge in [0, 0.05) is 51.0 Å². The van der Waals surface area contributed by atoms with Crippen LogP contribution >= 0.6 is 0 Å². The SMILES string of the molecule is Cc1cccc(CNC(=O)[C@@H]2CC[C@H](NC3CCC3)CN(C3CCOCC3)C2)c1. The van der Waals surface area contributed by atoms with Crippen molar-refractivity contribution in [1.29, 1.82) is 0 Å². The number of nitrogens with zero attached hydrogens (tertiary/aromatic N) is 1. The van der Waals surface area contributed by atoms with Crippen LogP contribution in [-0.2, 0) is 16.1 Å². The van der Waals surface area contributed by atoms with Gasteiger partial charge >= 0.3 is 0 Å². The molecule has 2 atom stereocenters. The highest BCUT2D eigenvalue weighted by atomic mass is 16.5. The Balaban J connectivity index is 1.37. The molecule has 2 saturated heterocycles. The Morgan fingerprint density at radius 2 is 1.90 bits per heavy atom. The van der Waals surface area contributed by atoms with E-state index in [9.17, 15) is 4.79 Å². The molecule has 2 aliphatic heterocycles. The molecule has 1 aromatic rings. The summed E-state index contributed by atoms with van der Waals surface area (Å²) in [5, 5.41) is 7.10. The van der Waals surface area contributed by atoms with Crippen molar-refractivity contribution in [2.45, 2.75) is 76.5 Å². The quantitative estimate of drug-likeness (QED) is 0.772. The van der Waals surface area contributed by atoms with Crippen molar-refractivity contribution in [3.05, 3.63) is 35.4 Å². The zero-order chi connectivity index (χ0) is 20.1. The average molecular weight is 400 g/mol. The largest absolute Gasteiger partial charge is 0.381 e. The molecular formula is C24H37N3O2. The van der Waals surface area contributed by atoms with Gasteiger partial charge in [0.1, 0.15) is 0 Å². The summed E-state index contributed by atoms with van der Waals surface area (Å²) in [4.78, 5) is 15.7. The van der Waals surface area contributed by atoms with Gasteiger partial charge in [0.15, 0.2) is 0 Å². The van der Waals surface area contributed by atoms with E-state index in [4.69, 9.17) is 4.74 Å². The monoisotopic (exact) mass is 399 g/mol. The predicted molar refractivity (Wildman–Crippen MR) is 116 cm³/mol. The van der Waals surface area contributed by atoms with Crippen LogP contribution in [0.2, 0.25) is 0 Å². The predicted octanol–water partition coefficient (Wildman–Crippen LogP) is 3.01. The molecule has 2 N–H and O–H groups in total. The molecule has 5 heteroatoms. The molecule has 29 heavy (non-hydrogen) atoms. The molecule has 0 unspecified atom stereocenters. The van der Waals surface area contributed by atoms with Crippen molar-refractivity contribution in [3.8, 4) is 0 Å². The molecule has 3 aliphatic rings. The highest BCUT2D eigenvalue weighted by Crippen LogP contribution is 2.26. The molecule has 1 aliphatic carbocycles. The van der Waals surface area contributed by atoms with Gasteiger partial charge in [-0.1, -0.05) is 36.2 Å². The Bertz CT molecular complexity index is 670. The number of likely N-dealkylation sites (tertiary alicyclic amines) is 1.